The Kier molecular flexibility index (Phi) is 5.16. The van der Waals surface area contributed by atoms with Crippen LogP contribution in [0.25, 0.3) is 0 Å². The van der Waals surface area contributed by atoms with E-state index in [4.69, 9.17) is 0 Å². The zero-order valence-electron chi connectivity index (χ0n) is 13.0. The van der Waals surface area contributed by atoms with Gasteiger partial charge in [-0.2, -0.15) is 0 Å². The molecule has 1 heterocycles. The van der Waals surface area contributed by atoms with Crippen molar-refractivity contribution >= 4 is 11.9 Å². The average Bonchev–Trinajstić information content (AvgIpc) is 2.48. The highest BCUT2D eigenvalue weighted by molar-refractivity contribution is 5.80. The molecule has 0 spiro atoms. The van der Waals surface area contributed by atoms with Crippen molar-refractivity contribution in [2.45, 2.75) is 26.7 Å². The van der Waals surface area contributed by atoms with Gasteiger partial charge in [0.25, 0.3) is 0 Å². The molecule has 3 unspecified atom stereocenters. The second-order valence-electron chi connectivity index (χ2n) is 6.32. The highest BCUT2D eigenvalue weighted by Crippen LogP contribution is 2.24. The highest BCUT2D eigenvalue weighted by Gasteiger charge is 2.33. The summed E-state index contributed by atoms with van der Waals surface area (Å²) >= 11 is 0. The number of hydrogen-bond donors (Lipinski definition) is 1. The van der Waals surface area contributed by atoms with Gasteiger partial charge in [0.05, 0.1) is 5.92 Å². The van der Waals surface area contributed by atoms with Gasteiger partial charge in [-0.3, -0.25) is 9.59 Å². The Morgan fingerprint density at radius 1 is 1.36 bits per heavy atom. The largest absolute Gasteiger partial charge is 0.481 e. The van der Waals surface area contributed by atoms with Crippen LogP contribution in [0.5, 0.6) is 0 Å². The van der Waals surface area contributed by atoms with Gasteiger partial charge in [0.15, 0.2) is 0 Å². The lowest BCUT2D eigenvalue weighted by Crippen LogP contribution is -2.47. The standard InChI is InChI=1S/C17H22FNO3/c1-11-7-14(17(21)22)10-19(9-11)16(20)12(2)8-13-5-3-4-6-15(13)18/h3-6,11-12,14H,7-10H2,1-2H3,(H,21,22). The number of halogens is 1. The molecule has 0 bridgehead atoms. The van der Waals surface area contributed by atoms with E-state index in [0.717, 1.165) is 0 Å². The molecule has 1 aromatic carbocycles. The van der Waals surface area contributed by atoms with Crippen LogP contribution in [0.4, 0.5) is 4.39 Å². The van der Waals surface area contributed by atoms with Crippen molar-refractivity contribution in [3.8, 4) is 0 Å². The van der Waals surface area contributed by atoms with Gasteiger partial charge in [0, 0.05) is 19.0 Å². The number of likely N-dealkylation sites (tertiary alicyclic amines) is 1. The number of nitrogens with zero attached hydrogens (tertiary/aromatic N) is 1. The van der Waals surface area contributed by atoms with E-state index >= 15 is 0 Å². The number of hydrogen-bond acceptors (Lipinski definition) is 2. The summed E-state index contributed by atoms with van der Waals surface area (Å²) in [6.45, 7) is 4.55. The maximum Gasteiger partial charge on any atom is 0.308 e. The van der Waals surface area contributed by atoms with Gasteiger partial charge in [0.1, 0.15) is 5.82 Å². The van der Waals surface area contributed by atoms with Crippen LogP contribution >= 0.6 is 0 Å². The van der Waals surface area contributed by atoms with E-state index in [1.807, 2.05) is 6.92 Å². The van der Waals surface area contributed by atoms with Crippen molar-refractivity contribution in [1.29, 1.82) is 0 Å². The molecule has 0 radical (unpaired) electrons. The van der Waals surface area contributed by atoms with Gasteiger partial charge in [-0.25, -0.2) is 4.39 Å². The summed E-state index contributed by atoms with van der Waals surface area (Å²) in [5.41, 5.74) is 0.517. The van der Waals surface area contributed by atoms with Crippen molar-refractivity contribution in [3.63, 3.8) is 0 Å². The highest BCUT2D eigenvalue weighted by atomic mass is 19.1. The molecule has 0 saturated carbocycles. The first-order valence-electron chi connectivity index (χ1n) is 7.63. The molecule has 1 amide bonds. The number of aliphatic carboxylic acids is 1. The van der Waals surface area contributed by atoms with Crippen molar-refractivity contribution in [2.75, 3.05) is 13.1 Å². The van der Waals surface area contributed by atoms with Crippen LogP contribution in [0.3, 0.4) is 0 Å². The van der Waals surface area contributed by atoms with Crippen LogP contribution in [0.2, 0.25) is 0 Å². The molecule has 4 nitrogen and oxygen atoms in total. The van der Waals surface area contributed by atoms with Gasteiger partial charge in [-0.15, -0.1) is 0 Å². The first-order chi connectivity index (χ1) is 10.4. The Morgan fingerprint density at radius 3 is 2.68 bits per heavy atom. The van der Waals surface area contributed by atoms with Crippen LogP contribution in [0.15, 0.2) is 24.3 Å². The van der Waals surface area contributed by atoms with E-state index in [1.165, 1.54) is 6.07 Å². The Labute approximate surface area is 129 Å². The molecule has 3 atom stereocenters. The third-order valence-corrected chi connectivity index (χ3v) is 4.23. The fourth-order valence-electron chi connectivity index (χ4n) is 3.10. The van der Waals surface area contributed by atoms with Crippen molar-refractivity contribution in [3.05, 3.63) is 35.6 Å². The molecule has 2 rings (SSSR count). The van der Waals surface area contributed by atoms with Crippen LogP contribution in [0.1, 0.15) is 25.8 Å². The SMILES string of the molecule is CC1CC(C(=O)O)CN(C(=O)C(C)Cc2ccccc2F)C1. The van der Waals surface area contributed by atoms with E-state index < -0.39 is 11.9 Å². The number of rotatable bonds is 4. The Balaban J connectivity index is 2.03. The van der Waals surface area contributed by atoms with Crippen LogP contribution in [-0.4, -0.2) is 35.0 Å². The third kappa shape index (κ3) is 3.84. The molecule has 22 heavy (non-hydrogen) atoms. The lowest BCUT2D eigenvalue weighted by Gasteiger charge is -2.36. The lowest BCUT2D eigenvalue weighted by molar-refractivity contribution is -0.148. The van der Waals surface area contributed by atoms with E-state index in [1.54, 1.807) is 30.0 Å². The van der Waals surface area contributed by atoms with Crippen molar-refractivity contribution in [2.24, 2.45) is 17.8 Å². The Morgan fingerprint density at radius 2 is 2.05 bits per heavy atom. The third-order valence-electron chi connectivity index (χ3n) is 4.23. The molecule has 120 valence electrons. The number of carbonyl (C=O) groups excluding carboxylic acids is 1. The van der Waals surface area contributed by atoms with E-state index in [2.05, 4.69) is 0 Å². The summed E-state index contributed by atoms with van der Waals surface area (Å²) in [7, 11) is 0. The van der Waals surface area contributed by atoms with Gasteiger partial charge < -0.3 is 10.0 Å². The topological polar surface area (TPSA) is 57.6 Å². The Hall–Kier alpha value is -1.91. The first-order valence-corrected chi connectivity index (χ1v) is 7.63. The predicted molar refractivity (Wildman–Crippen MR) is 80.8 cm³/mol. The fourth-order valence-corrected chi connectivity index (χ4v) is 3.10. The van der Waals surface area contributed by atoms with Crippen LogP contribution < -0.4 is 0 Å². The fraction of sp³-hybridized carbons (Fsp3) is 0.529. The summed E-state index contributed by atoms with van der Waals surface area (Å²) in [5, 5.41) is 9.18. The zero-order chi connectivity index (χ0) is 16.3. The summed E-state index contributed by atoms with van der Waals surface area (Å²) in [5.74, 6) is -1.96. The zero-order valence-corrected chi connectivity index (χ0v) is 13.0. The Bertz CT molecular complexity index is 561. The first kappa shape index (κ1) is 16.5. The van der Waals surface area contributed by atoms with Gasteiger partial charge >= 0.3 is 5.97 Å². The average molecular weight is 307 g/mol. The molecule has 1 aromatic rings. The number of amides is 1. The molecule has 1 aliphatic heterocycles. The second kappa shape index (κ2) is 6.90. The minimum Gasteiger partial charge on any atom is -0.481 e. The molecule has 5 heteroatoms. The molecule has 1 N–H and O–H groups in total. The van der Waals surface area contributed by atoms with E-state index in [9.17, 15) is 19.1 Å². The summed E-state index contributed by atoms with van der Waals surface area (Å²) in [6.07, 6.45) is 0.926. The molecular weight excluding hydrogens is 285 g/mol. The molecular formula is C17H22FNO3. The summed E-state index contributed by atoms with van der Waals surface area (Å²) in [6, 6.07) is 6.43. The molecule has 1 aliphatic rings. The van der Waals surface area contributed by atoms with E-state index in [-0.39, 0.29) is 30.1 Å². The quantitative estimate of drug-likeness (QED) is 0.930. The second-order valence-corrected chi connectivity index (χ2v) is 6.32. The number of carbonyl (C=O) groups is 2. The smallest absolute Gasteiger partial charge is 0.308 e. The maximum absolute atomic E-state index is 13.7. The minimum atomic E-state index is -0.855. The number of carboxylic acid groups (broad SMARTS) is 1. The van der Waals surface area contributed by atoms with Crippen molar-refractivity contribution < 1.29 is 19.1 Å². The van der Waals surface area contributed by atoms with Crippen LogP contribution in [-0.2, 0) is 16.0 Å². The molecule has 1 fully saturated rings. The van der Waals surface area contributed by atoms with Gasteiger partial charge in [-0.05, 0) is 30.4 Å². The lowest BCUT2D eigenvalue weighted by atomic mass is 9.89. The van der Waals surface area contributed by atoms with Gasteiger partial charge in [0.2, 0.25) is 5.91 Å². The normalized spacial score (nSPS) is 23.1. The summed E-state index contributed by atoms with van der Waals surface area (Å²) in [4.78, 5) is 25.3. The maximum atomic E-state index is 13.7. The number of benzene rings is 1. The van der Waals surface area contributed by atoms with Crippen molar-refractivity contribution in [1.82, 2.24) is 4.90 Å². The molecule has 0 aromatic heterocycles. The monoisotopic (exact) mass is 307 g/mol. The van der Waals surface area contributed by atoms with Gasteiger partial charge in [-0.1, -0.05) is 32.0 Å². The molecule has 1 saturated heterocycles. The van der Waals surface area contributed by atoms with E-state index in [0.29, 0.717) is 24.9 Å². The number of carboxylic acids is 1. The minimum absolute atomic E-state index is 0.0962. The summed E-state index contributed by atoms with van der Waals surface area (Å²) < 4.78 is 13.7. The van der Waals surface area contributed by atoms with Crippen LogP contribution in [0, 0.1) is 23.6 Å². The number of piperidine rings is 1. The molecule has 0 aliphatic carbocycles. The predicted octanol–water partition coefficient (Wildman–Crippen LogP) is 2.57.